The largest absolute Gasteiger partial charge is 0.307 e. The van der Waals surface area contributed by atoms with E-state index in [0.29, 0.717) is 13.1 Å². The molecule has 0 atom stereocenters. The third-order valence-corrected chi connectivity index (χ3v) is 4.06. The Hall–Kier alpha value is -1.78. The molecule has 106 valence electrons. The molecular weight excluding hydrogens is 331 g/mol. The van der Waals surface area contributed by atoms with Crippen molar-refractivity contribution in [2.75, 3.05) is 0 Å². The molecule has 2 nitrogen and oxygen atoms in total. The van der Waals surface area contributed by atoms with Crippen LogP contribution in [0.25, 0.3) is 10.9 Å². The molecule has 0 amide bonds. The molecule has 1 aromatic heterocycles. The van der Waals surface area contributed by atoms with Crippen LogP contribution < -0.4 is 5.32 Å². The number of hydrogen-bond acceptors (Lipinski definition) is 2. The molecule has 0 unspecified atom stereocenters. The Morgan fingerprint density at radius 1 is 1.00 bits per heavy atom. The molecule has 3 aromatic rings. The lowest BCUT2D eigenvalue weighted by Crippen LogP contribution is -2.14. The number of nitrogens with zero attached hydrogens (tertiary/aromatic N) is 1. The molecule has 0 fully saturated rings. The summed E-state index contributed by atoms with van der Waals surface area (Å²) >= 11 is 3.43. The number of pyridine rings is 1. The minimum absolute atomic E-state index is 0.223. The summed E-state index contributed by atoms with van der Waals surface area (Å²) in [5.41, 5.74) is 2.86. The quantitative estimate of drug-likeness (QED) is 0.757. The summed E-state index contributed by atoms with van der Waals surface area (Å²) in [5.74, 6) is -0.223. The smallest absolute Gasteiger partial charge is 0.123 e. The minimum atomic E-state index is -0.223. The summed E-state index contributed by atoms with van der Waals surface area (Å²) < 4.78 is 14.1. The predicted molar refractivity (Wildman–Crippen MR) is 86.4 cm³/mol. The zero-order valence-electron chi connectivity index (χ0n) is 11.3. The van der Waals surface area contributed by atoms with E-state index in [9.17, 15) is 4.39 Å². The van der Waals surface area contributed by atoms with Gasteiger partial charge < -0.3 is 5.32 Å². The Kier molecular flexibility index (Phi) is 4.27. The van der Waals surface area contributed by atoms with Gasteiger partial charge in [-0.3, -0.25) is 4.98 Å². The average molecular weight is 345 g/mol. The molecule has 0 spiro atoms. The molecule has 1 heterocycles. The van der Waals surface area contributed by atoms with Gasteiger partial charge in [0.05, 0.1) is 11.2 Å². The fraction of sp³-hybridized carbons (Fsp3) is 0.118. The van der Waals surface area contributed by atoms with Crippen LogP contribution in [0.3, 0.4) is 0 Å². The van der Waals surface area contributed by atoms with Crippen LogP contribution in [0.1, 0.15) is 11.3 Å². The van der Waals surface area contributed by atoms with E-state index < -0.39 is 0 Å². The fourth-order valence-corrected chi connectivity index (χ4v) is 2.60. The van der Waals surface area contributed by atoms with Crippen LogP contribution in [0.15, 0.2) is 59.1 Å². The first kappa shape index (κ1) is 14.2. The van der Waals surface area contributed by atoms with Crippen molar-refractivity contribution in [3.63, 3.8) is 0 Å². The van der Waals surface area contributed by atoms with Gasteiger partial charge in [-0.15, -0.1) is 0 Å². The van der Waals surface area contributed by atoms with E-state index in [-0.39, 0.29) is 5.82 Å². The van der Waals surface area contributed by atoms with Gasteiger partial charge in [0.25, 0.3) is 0 Å². The van der Waals surface area contributed by atoms with E-state index in [2.05, 4.69) is 32.3 Å². The molecule has 21 heavy (non-hydrogen) atoms. The van der Waals surface area contributed by atoms with Crippen LogP contribution >= 0.6 is 15.9 Å². The molecule has 0 saturated heterocycles. The Bertz CT molecular complexity index is 774. The van der Waals surface area contributed by atoms with Crippen molar-refractivity contribution in [2.45, 2.75) is 13.1 Å². The monoisotopic (exact) mass is 344 g/mol. The summed E-state index contributed by atoms with van der Waals surface area (Å²) in [6.07, 6.45) is 0. The Labute approximate surface area is 131 Å². The van der Waals surface area contributed by atoms with Crippen LogP contribution in [-0.2, 0) is 13.1 Å². The number of nitrogens with one attached hydrogen (secondary N) is 1. The van der Waals surface area contributed by atoms with Crippen LogP contribution in [0.2, 0.25) is 0 Å². The molecule has 0 saturated carbocycles. The molecular formula is C17H14BrFN2. The van der Waals surface area contributed by atoms with Crippen molar-refractivity contribution >= 4 is 26.8 Å². The van der Waals surface area contributed by atoms with Crippen LogP contribution in [0, 0.1) is 5.82 Å². The molecule has 2 aromatic carbocycles. The Balaban J connectivity index is 1.67. The third kappa shape index (κ3) is 3.46. The number of hydrogen-bond donors (Lipinski definition) is 1. The topological polar surface area (TPSA) is 24.9 Å². The van der Waals surface area contributed by atoms with Gasteiger partial charge in [0.1, 0.15) is 5.82 Å². The second-order valence-electron chi connectivity index (χ2n) is 4.83. The van der Waals surface area contributed by atoms with Crippen LogP contribution in [0.4, 0.5) is 4.39 Å². The van der Waals surface area contributed by atoms with Crippen molar-refractivity contribution in [1.82, 2.24) is 10.3 Å². The SMILES string of the molecule is Fc1ccc(Br)c(CNCc2ccc3ccccc3n2)c1. The molecule has 0 aliphatic rings. The summed E-state index contributed by atoms with van der Waals surface area (Å²) in [4.78, 5) is 4.60. The second-order valence-corrected chi connectivity index (χ2v) is 5.69. The maximum Gasteiger partial charge on any atom is 0.123 e. The zero-order valence-corrected chi connectivity index (χ0v) is 12.9. The molecule has 1 N–H and O–H groups in total. The Morgan fingerprint density at radius 2 is 1.86 bits per heavy atom. The summed E-state index contributed by atoms with van der Waals surface area (Å²) in [7, 11) is 0. The Morgan fingerprint density at radius 3 is 2.76 bits per heavy atom. The first-order valence-corrected chi connectivity index (χ1v) is 7.51. The number of rotatable bonds is 4. The number of fused-ring (bicyclic) bond motifs is 1. The molecule has 0 aliphatic carbocycles. The zero-order chi connectivity index (χ0) is 14.7. The average Bonchev–Trinajstić information content (AvgIpc) is 2.50. The van der Waals surface area contributed by atoms with Gasteiger partial charge in [0.15, 0.2) is 0 Å². The van der Waals surface area contributed by atoms with Gasteiger partial charge in [0.2, 0.25) is 0 Å². The van der Waals surface area contributed by atoms with Gasteiger partial charge in [-0.2, -0.15) is 0 Å². The maximum atomic E-state index is 13.2. The lowest BCUT2D eigenvalue weighted by atomic mass is 10.2. The molecule has 4 heteroatoms. The van der Waals surface area contributed by atoms with E-state index in [1.807, 2.05) is 30.3 Å². The van der Waals surface area contributed by atoms with Gasteiger partial charge in [-0.25, -0.2) is 4.39 Å². The summed E-state index contributed by atoms with van der Waals surface area (Å²) in [6.45, 7) is 1.24. The van der Waals surface area contributed by atoms with Crippen LogP contribution in [-0.4, -0.2) is 4.98 Å². The summed E-state index contributed by atoms with van der Waals surface area (Å²) in [5, 5.41) is 4.43. The second kappa shape index (κ2) is 6.33. The molecule has 0 aliphatic heterocycles. The predicted octanol–water partition coefficient (Wildman–Crippen LogP) is 4.43. The van der Waals surface area contributed by atoms with Crippen LogP contribution in [0.5, 0.6) is 0 Å². The number of para-hydroxylation sites is 1. The van der Waals surface area contributed by atoms with Crippen molar-refractivity contribution < 1.29 is 4.39 Å². The minimum Gasteiger partial charge on any atom is -0.307 e. The van der Waals surface area contributed by atoms with E-state index in [4.69, 9.17) is 0 Å². The lowest BCUT2D eigenvalue weighted by Gasteiger charge is -2.07. The van der Waals surface area contributed by atoms with Crippen molar-refractivity contribution in [2.24, 2.45) is 0 Å². The third-order valence-electron chi connectivity index (χ3n) is 3.29. The number of benzene rings is 2. The molecule has 0 radical (unpaired) electrons. The lowest BCUT2D eigenvalue weighted by molar-refractivity contribution is 0.618. The van der Waals surface area contributed by atoms with Gasteiger partial charge in [-0.1, -0.05) is 40.2 Å². The highest BCUT2D eigenvalue weighted by molar-refractivity contribution is 9.10. The van der Waals surface area contributed by atoms with Gasteiger partial charge >= 0.3 is 0 Å². The van der Waals surface area contributed by atoms with E-state index in [1.165, 1.54) is 12.1 Å². The first-order chi connectivity index (χ1) is 10.2. The normalized spacial score (nSPS) is 11.0. The van der Waals surface area contributed by atoms with Gasteiger partial charge in [0, 0.05) is 22.9 Å². The maximum absolute atomic E-state index is 13.2. The van der Waals surface area contributed by atoms with E-state index >= 15 is 0 Å². The van der Waals surface area contributed by atoms with Crippen molar-refractivity contribution in [3.8, 4) is 0 Å². The van der Waals surface area contributed by atoms with E-state index in [1.54, 1.807) is 6.07 Å². The highest BCUT2D eigenvalue weighted by Gasteiger charge is 2.02. The van der Waals surface area contributed by atoms with Gasteiger partial charge in [-0.05, 0) is 35.9 Å². The highest BCUT2D eigenvalue weighted by Crippen LogP contribution is 2.18. The standard InChI is InChI=1S/C17H14BrFN2/c18-16-8-6-14(19)9-13(16)10-20-11-15-7-5-12-3-1-2-4-17(12)21-15/h1-9,20H,10-11H2. The molecule has 3 rings (SSSR count). The van der Waals surface area contributed by atoms with Crippen molar-refractivity contribution in [1.29, 1.82) is 0 Å². The molecule has 0 bridgehead atoms. The number of halogens is 2. The summed E-state index contributed by atoms with van der Waals surface area (Å²) in [6, 6.07) is 16.8. The highest BCUT2D eigenvalue weighted by atomic mass is 79.9. The van der Waals surface area contributed by atoms with E-state index in [0.717, 1.165) is 26.6 Å². The number of aromatic nitrogens is 1. The first-order valence-electron chi connectivity index (χ1n) is 6.72. The fourth-order valence-electron chi connectivity index (χ4n) is 2.21. The van der Waals surface area contributed by atoms with Crippen molar-refractivity contribution in [3.05, 3.63) is 76.1 Å².